The summed E-state index contributed by atoms with van der Waals surface area (Å²) in [6.45, 7) is 2.18. The molecule has 4 rings (SSSR count). The maximum atomic E-state index is 12.1. The van der Waals surface area contributed by atoms with Gasteiger partial charge in [-0.3, -0.25) is 4.79 Å². The molecule has 1 N–H and O–H groups in total. The standard InChI is InChI=1S/C22H25N7O/c30-21(17-29-26-22(25-27-29)19-8-4-3-5-9-19)24-23-16-18-10-12-20(13-11-18)28-14-6-1-2-7-15-28/h3-5,8-13,16H,1-2,6-7,14-15,17H2,(H,24,30)/b23-16-. The van der Waals surface area contributed by atoms with Crippen LogP contribution in [0.1, 0.15) is 31.2 Å². The summed E-state index contributed by atoms with van der Waals surface area (Å²) in [5.41, 5.74) is 5.53. The zero-order valence-corrected chi connectivity index (χ0v) is 16.8. The van der Waals surface area contributed by atoms with Crippen molar-refractivity contribution in [1.82, 2.24) is 25.6 Å². The topological polar surface area (TPSA) is 88.3 Å². The number of rotatable bonds is 6. The van der Waals surface area contributed by atoms with Crippen molar-refractivity contribution in [3.8, 4) is 11.4 Å². The predicted molar refractivity (Wildman–Crippen MR) is 116 cm³/mol. The Hall–Kier alpha value is -3.55. The Morgan fingerprint density at radius 1 is 1.00 bits per heavy atom. The van der Waals surface area contributed by atoms with Crippen molar-refractivity contribution in [2.75, 3.05) is 18.0 Å². The summed E-state index contributed by atoms with van der Waals surface area (Å²) in [4.78, 5) is 15.8. The van der Waals surface area contributed by atoms with E-state index in [9.17, 15) is 4.79 Å². The van der Waals surface area contributed by atoms with Crippen molar-refractivity contribution in [2.45, 2.75) is 32.2 Å². The molecule has 0 unspecified atom stereocenters. The number of tetrazole rings is 1. The van der Waals surface area contributed by atoms with Gasteiger partial charge in [-0.25, -0.2) is 5.43 Å². The highest BCUT2D eigenvalue weighted by Crippen LogP contribution is 2.19. The molecule has 1 amide bonds. The van der Waals surface area contributed by atoms with E-state index < -0.39 is 0 Å². The van der Waals surface area contributed by atoms with E-state index in [1.54, 1.807) is 6.21 Å². The number of nitrogens with zero attached hydrogens (tertiary/aromatic N) is 6. The quantitative estimate of drug-likeness (QED) is 0.505. The van der Waals surface area contributed by atoms with E-state index >= 15 is 0 Å². The zero-order valence-electron chi connectivity index (χ0n) is 16.8. The number of hydrogen-bond acceptors (Lipinski definition) is 6. The maximum absolute atomic E-state index is 12.1. The molecule has 0 bridgehead atoms. The van der Waals surface area contributed by atoms with Gasteiger partial charge in [0.2, 0.25) is 5.82 Å². The van der Waals surface area contributed by atoms with Gasteiger partial charge in [-0.05, 0) is 35.8 Å². The summed E-state index contributed by atoms with van der Waals surface area (Å²) < 4.78 is 0. The molecule has 1 aromatic heterocycles. The molecule has 3 aromatic rings. The highest BCUT2D eigenvalue weighted by molar-refractivity contribution is 5.82. The molecule has 2 heterocycles. The minimum atomic E-state index is -0.315. The molecule has 30 heavy (non-hydrogen) atoms. The van der Waals surface area contributed by atoms with E-state index in [1.807, 2.05) is 42.5 Å². The third kappa shape index (κ3) is 5.28. The fourth-order valence-electron chi connectivity index (χ4n) is 3.46. The highest BCUT2D eigenvalue weighted by atomic mass is 16.2. The molecule has 0 spiro atoms. The van der Waals surface area contributed by atoms with Crippen LogP contribution in [0.25, 0.3) is 11.4 Å². The molecule has 1 saturated heterocycles. The molecule has 8 heteroatoms. The van der Waals surface area contributed by atoms with Crippen LogP contribution in [0.3, 0.4) is 0 Å². The molecule has 1 fully saturated rings. The first-order valence-corrected chi connectivity index (χ1v) is 10.3. The Balaban J connectivity index is 1.28. The van der Waals surface area contributed by atoms with Gasteiger partial charge in [0.05, 0.1) is 6.21 Å². The Kier molecular flexibility index (Phi) is 6.44. The van der Waals surface area contributed by atoms with Crippen molar-refractivity contribution in [3.63, 3.8) is 0 Å². The van der Waals surface area contributed by atoms with Crippen LogP contribution in [-0.2, 0) is 11.3 Å². The van der Waals surface area contributed by atoms with Crippen LogP contribution in [0.15, 0.2) is 59.7 Å². The number of nitrogens with one attached hydrogen (secondary N) is 1. The minimum absolute atomic E-state index is 0.0505. The molecular formula is C22H25N7O. The first-order valence-electron chi connectivity index (χ1n) is 10.3. The Morgan fingerprint density at radius 3 is 2.47 bits per heavy atom. The fourth-order valence-corrected chi connectivity index (χ4v) is 3.46. The smallest absolute Gasteiger partial charge is 0.263 e. The first kappa shape index (κ1) is 19.8. The van der Waals surface area contributed by atoms with Gasteiger partial charge >= 0.3 is 0 Å². The number of anilines is 1. The molecule has 8 nitrogen and oxygen atoms in total. The average Bonchev–Trinajstić information content (AvgIpc) is 3.07. The van der Waals surface area contributed by atoms with Gasteiger partial charge in [0.15, 0.2) is 0 Å². The van der Waals surface area contributed by atoms with Crippen LogP contribution in [0.4, 0.5) is 5.69 Å². The number of hydrazone groups is 1. The lowest BCUT2D eigenvalue weighted by molar-refractivity contribution is -0.122. The van der Waals surface area contributed by atoms with Gasteiger partial charge in [-0.2, -0.15) is 9.90 Å². The van der Waals surface area contributed by atoms with Gasteiger partial charge in [-0.15, -0.1) is 10.2 Å². The molecule has 1 aliphatic heterocycles. The number of carbonyl (C=O) groups excluding carboxylic acids is 1. The van der Waals surface area contributed by atoms with Gasteiger partial charge in [0.25, 0.3) is 5.91 Å². The molecule has 0 atom stereocenters. The van der Waals surface area contributed by atoms with Crippen molar-refractivity contribution in [2.24, 2.45) is 5.10 Å². The molecule has 1 aliphatic rings. The predicted octanol–water partition coefficient (Wildman–Crippen LogP) is 2.87. The van der Waals surface area contributed by atoms with Crippen LogP contribution >= 0.6 is 0 Å². The molecule has 0 aliphatic carbocycles. The zero-order chi connectivity index (χ0) is 20.6. The summed E-state index contributed by atoms with van der Waals surface area (Å²) in [7, 11) is 0. The molecule has 154 valence electrons. The maximum Gasteiger partial charge on any atom is 0.263 e. The second-order valence-corrected chi connectivity index (χ2v) is 7.30. The fraction of sp³-hybridized carbons (Fsp3) is 0.318. The van der Waals surface area contributed by atoms with Crippen molar-refractivity contribution in [3.05, 3.63) is 60.2 Å². The normalized spacial score (nSPS) is 14.6. The summed E-state index contributed by atoms with van der Waals surface area (Å²) in [5, 5.41) is 16.2. The lowest BCUT2D eigenvalue weighted by atomic mass is 10.2. The molecule has 2 aromatic carbocycles. The van der Waals surface area contributed by atoms with E-state index in [4.69, 9.17) is 0 Å². The number of hydrogen-bond donors (Lipinski definition) is 1. The Labute approximate surface area is 175 Å². The van der Waals surface area contributed by atoms with E-state index in [0.717, 1.165) is 24.2 Å². The van der Waals surface area contributed by atoms with Crippen molar-refractivity contribution in [1.29, 1.82) is 0 Å². The van der Waals surface area contributed by atoms with Gasteiger partial charge in [0, 0.05) is 24.3 Å². The summed E-state index contributed by atoms with van der Waals surface area (Å²) in [6, 6.07) is 17.8. The third-order valence-corrected chi connectivity index (χ3v) is 5.04. The van der Waals surface area contributed by atoms with Crippen LogP contribution in [0.2, 0.25) is 0 Å². The first-order chi connectivity index (χ1) is 14.8. The van der Waals surface area contributed by atoms with Crippen molar-refractivity contribution < 1.29 is 4.79 Å². The van der Waals surface area contributed by atoms with Gasteiger partial charge in [-0.1, -0.05) is 55.3 Å². The molecule has 0 saturated carbocycles. The van der Waals surface area contributed by atoms with Crippen molar-refractivity contribution >= 4 is 17.8 Å². The number of carbonyl (C=O) groups is 1. The second-order valence-electron chi connectivity index (χ2n) is 7.30. The Bertz CT molecular complexity index is 974. The van der Waals surface area contributed by atoms with E-state index in [0.29, 0.717) is 5.82 Å². The van der Waals surface area contributed by atoms with Crippen LogP contribution in [0.5, 0.6) is 0 Å². The molecular weight excluding hydrogens is 378 g/mol. The second kappa shape index (κ2) is 9.78. The lowest BCUT2D eigenvalue weighted by Crippen LogP contribution is -2.24. The van der Waals surface area contributed by atoms with E-state index in [-0.39, 0.29) is 12.5 Å². The van der Waals surface area contributed by atoms with E-state index in [1.165, 1.54) is 36.2 Å². The minimum Gasteiger partial charge on any atom is -0.372 e. The van der Waals surface area contributed by atoms with Crippen LogP contribution in [0, 0.1) is 0 Å². The summed E-state index contributed by atoms with van der Waals surface area (Å²) in [6.07, 6.45) is 6.77. The highest BCUT2D eigenvalue weighted by Gasteiger charge is 2.10. The van der Waals surface area contributed by atoms with Crippen LogP contribution < -0.4 is 10.3 Å². The van der Waals surface area contributed by atoms with Gasteiger partial charge in [0.1, 0.15) is 6.54 Å². The SMILES string of the molecule is O=C(Cn1nnc(-c2ccccc2)n1)N/N=C\c1ccc(N2CCCCCC2)cc1. The third-order valence-electron chi connectivity index (χ3n) is 5.04. The van der Waals surface area contributed by atoms with Gasteiger partial charge < -0.3 is 4.90 Å². The average molecular weight is 403 g/mol. The lowest BCUT2D eigenvalue weighted by Gasteiger charge is -2.22. The largest absolute Gasteiger partial charge is 0.372 e. The molecule has 0 radical (unpaired) electrons. The Morgan fingerprint density at radius 2 is 1.73 bits per heavy atom. The number of aromatic nitrogens is 4. The van der Waals surface area contributed by atoms with E-state index in [2.05, 4.69) is 43.0 Å². The van der Waals surface area contributed by atoms with Crippen LogP contribution in [-0.4, -0.2) is 45.4 Å². The summed E-state index contributed by atoms with van der Waals surface area (Å²) >= 11 is 0. The number of amides is 1. The summed E-state index contributed by atoms with van der Waals surface area (Å²) in [5.74, 6) is 0.167. The number of benzene rings is 2. The monoisotopic (exact) mass is 403 g/mol.